The molecule has 260 valence electrons. The molecule has 2 heterocycles. The molecule has 48 heavy (non-hydrogen) atoms. The van der Waals surface area contributed by atoms with Gasteiger partial charge in [-0.1, -0.05) is 69.4 Å². The summed E-state index contributed by atoms with van der Waals surface area (Å²) in [5, 5.41) is 10.8. The first-order chi connectivity index (χ1) is 23.0. The zero-order chi connectivity index (χ0) is 34.8. The van der Waals surface area contributed by atoms with Crippen molar-refractivity contribution in [3.05, 3.63) is 65.0 Å². The number of alkyl carbamates (subject to hydrolysis) is 1. The fraction of sp³-hybridized carbons (Fsp3) is 0.528. The largest absolute Gasteiger partial charge is 0.450 e. The maximum atomic E-state index is 13.9. The lowest BCUT2D eigenvalue weighted by Crippen LogP contribution is -2.55. The SMILES string of the molecule is CCCCCCCCOC(=O)NC(=N)c1ccc(C(N)c2nc3cc(C(C)(C(=O)N4CCCC4)N(C)C(=O)OCC)ccc3n2C)cc1. The predicted molar refractivity (Wildman–Crippen MR) is 186 cm³/mol. The number of hydrogen-bond acceptors (Lipinski definition) is 8. The van der Waals surface area contributed by atoms with E-state index in [-0.39, 0.29) is 18.3 Å². The molecule has 2 aromatic carbocycles. The van der Waals surface area contributed by atoms with Crippen molar-refractivity contribution in [1.82, 2.24) is 24.7 Å². The molecule has 4 rings (SSSR count). The van der Waals surface area contributed by atoms with Gasteiger partial charge in [-0.3, -0.25) is 20.4 Å². The Bertz CT molecular complexity index is 1580. The number of carbonyl (C=O) groups excluding carboxylic acids is 3. The molecule has 3 amide bonds. The molecule has 1 aliphatic rings. The molecule has 1 aliphatic heterocycles. The standard InChI is InChI=1S/C36H51N7O5/c1-6-8-9-10-11-14-23-48-34(45)40-31(38)26-17-15-25(16-18-26)30(37)32-39-28-24-27(19-20-29(28)41(32)4)36(3,42(5)35(46)47-7-2)33(44)43-21-12-13-22-43/h15-20,24,30H,6-14,21-23,37H2,1-5H3,(H2,38,40,45). The van der Waals surface area contributed by atoms with E-state index in [1.807, 2.05) is 41.9 Å². The van der Waals surface area contributed by atoms with Crippen LogP contribution in [0.5, 0.6) is 0 Å². The first-order valence-corrected chi connectivity index (χ1v) is 17.1. The Morgan fingerprint density at radius 2 is 1.69 bits per heavy atom. The number of imidazole rings is 1. The number of amides is 3. The minimum absolute atomic E-state index is 0.0577. The Labute approximate surface area is 283 Å². The number of likely N-dealkylation sites (N-methyl/N-ethyl adjacent to an activating group) is 1. The van der Waals surface area contributed by atoms with Crippen LogP contribution < -0.4 is 11.1 Å². The second kappa shape index (κ2) is 16.6. The lowest BCUT2D eigenvalue weighted by molar-refractivity contribution is -0.141. The van der Waals surface area contributed by atoms with Gasteiger partial charge in [0, 0.05) is 32.7 Å². The van der Waals surface area contributed by atoms with Crippen molar-refractivity contribution < 1.29 is 23.9 Å². The van der Waals surface area contributed by atoms with Gasteiger partial charge in [-0.2, -0.15) is 0 Å². The fourth-order valence-corrected chi connectivity index (χ4v) is 6.15. The van der Waals surface area contributed by atoms with Crippen LogP contribution in [-0.2, 0) is 26.9 Å². The van der Waals surface area contributed by atoms with Crippen LogP contribution in [0.2, 0.25) is 0 Å². The molecule has 0 aliphatic carbocycles. The molecule has 2 atom stereocenters. The van der Waals surface area contributed by atoms with Crippen molar-refractivity contribution in [3.8, 4) is 0 Å². The van der Waals surface area contributed by atoms with Crippen molar-refractivity contribution in [2.24, 2.45) is 12.8 Å². The van der Waals surface area contributed by atoms with E-state index >= 15 is 0 Å². The van der Waals surface area contributed by atoms with Gasteiger partial charge in [0.05, 0.1) is 30.3 Å². The van der Waals surface area contributed by atoms with E-state index in [0.29, 0.717) is 42.2 Å². The van der Waals surface area contributed by atoms with Crippen molar-refractivity contribution in [2.45, 2.75) is 83.7 Å². The van der Waals surface area contributed by atoms with Crippen LogP contribution in [0.3, 0.4) is 0 Å². The number of carbonyl (C=O) groups is 3. The van der Waals surface area contributed by atoms with Gasteiger partial charge in [-0.05, 0) is 56.4 Å². The van der Waals surface area contributed by atoms with Crippen LogP contribution in [0.4, 0.5) is 9.59 Å². The van der Waals surface area contributed by atoms with Crippen LogP contribution >= 0.6 is 0 Å². The molecule has 1 saturated heterocycles. The number of ether oxygens (including phenoxy) is 2. The van der Waals surface area contributed by atoms with E-state index in [1.54, 1.807) is 37.9 Å². The van der Waals surface area contributed by atoms with Crippen LogP contribution in [0.1, 0.15) is 101 Å². The highest BCUT2D eigenvalue weighted by Crippen LogP contribution is 2.34. The van der Waals surface area contributed by atoms with E-state index in [0.717, 1.165) is 43.2 Å². The number of aromatic nitrogens is 2. The summed E-state index contributed by atoms with van der Waals surface area (Å²) in [5.41, 5.74) is 8.78. The quantitative estimate of drug-likeness (QED) is 0.109. The van der Waals surface area contributed by atoms with Crippen molar-refractivity contribution in [2.75, 3.05) is 33.4 Å². The van der Waals surface area contributed by atoms with Gasteiger partial charge in [0.2, 0.25) is 0 Å². The maximum absolute atomic E-state index is 13.9. The number of benzene rings is 2. The highest BCUT2D eigenvalue weighted by atomic mass is 16.6. The third-order valence-electron chi connectivity index (χ3n) is 9.29. The average Bonchev–Trinajstić information content (AvgIpc) is 3.75. The van der Waals surface area contributed by atoms with Crippen molar-refractivity contribution in [3.63, 3.8) is 0 Å². The summed E-state index contributed by atoms with van der Waals surface area (Å²) in [5.74, 6) is 0.388. The Morgan fingerprint density at radius 3 is 2.35 bits per heavy atom. The molecule has 0 spiro atoms. The number of fused-ring (bicyclic) bond motifs is 1. The van der Waals surface area contributed by atoms with Crippen molar-refractivity contribution >= 4 is 35.0 Å². The van der Waals surface area contributed by atoms with Gasteiger partial charge < -0.3 is 24.7 Å². The van der Waals surface area contributed by atoms with Gasteiger partial charge in [0.15, 0.2) is 0 Å². The molecule has 1 aromatic heterocycles. The highest BCUT2D eigenvalue weighted by Gasteiger charge is 2.45. The lowest BCUT2D eigenvalue weighted by atomic mass is 9.88. The Morgan fingerprint density at radius 1 is 1.02 bits per heavy atom. The monoisotopic (exact) mass is 661 g/mol. The summed E-state index contributed by atoms with van der Waals surface area (Å²) in [4.78, 5) is 47.1. The molecule has 1 fully saturated rings. The van der Waals surface area contributed by atoms with Gasteiger partial charge in [0.1, 0.15) is 17.2 Å². The Hall–Kier alpha value is -4.45. The maximum Gasteiger partial charge on any atom is 0.412 e. The second-order valence-electron chi connectivity index (χ2n) is 12.6. The average molecular weight is 662 g/mol. The molecule has 12 nitrogen and oxygen atoms in total. The minimum atomic E-state index is -1.31. The van der Waals surface area contributed by atoms with E-state index in [1.165, 1.54) is 24.2 Å². The van der Waals surface area contributed by atoms with E-state index in [2.05, 4.69) is 12.2 Å². The number of nitrogens with two attached hydrogens (primary N) is 1. The molecule has 0 bridgehead atoms. The third-order valence-corrected chi connectivity index (χ3v) is 9.29. The normalized spacial score (nSPS) is 14.8. The number of nitrogens with zero attached hydrogens (tertiary/aromatic N) is 4. The molecule has 3 aromatic rings. The van der Waals surface area contributed by atoms with E-state index in [9.17, 15) is 14.4 Å². The Balaban J connectivity index is 1.48. The van der Waals surface area contributed by atoms with Crippen LogP contribution in [-0.4, -0.2) is 76.6 Å². The minimum Gasteiger partial charge on any atom is -0.450 e. The van der Waals surface area contributed by atoms with Crippen LogP contribution in [0.15, 0.2) is 42.5 Å². The van der Waals surface area contributed by atoms with Crippen molar-refractivity contribution in [1.29, 1.82) is 5.41 Å². The topological polar surface area (TPSA) is 156 Å². The fourth-order valence-electron chi connectivity index (χ4n) is 6.15. The number of rotatable bonds is 14. The summed E-state index contributed by atoms with van der Waals surface area (Å²) < 4.78 is 12.4. The van der Waals surface area contributed by atoms with Crippen LogP contribution in [0.25, 0.3) is 11.0 Å². The molecule has 4 N–H and O–H groups in total. The number of unbranched alkanes of at least 4 members (excludes halogenated alkanes) is 5. The lowest BCUT2D eigenvalue weighted by Gasteiger charge is -2.39. The van der Waals surface area contributed by atoms with E-state index < -0.39 is 23.8 Å². The summed E-state index contributed by atoms with van der Waals surface area (Å²) in [6, 6.07) is 12.1. The highest BCUT2D eigenvalue weighted by molar-refractivity contribution is 6.04. The number of aryl methyl sites for hydroxylation is 1. The molecular formula is C36H51N7O5. The molecular weight excluding hydrogens is 610 g/mol. The molecule has 0 saturated carbocycles. The zero-order valence-electron chi connectivity index (χ0n) is 29.0. The van der Waals surface area contributed by atoms with E-state index in [4.69, 9.17) is 25.6 Å². The first kappa shape index (κ1) is 36.4. The zero-order valence-corrected chi connectivity index (χ0v) is 29.0. The summed E-state index contributed by atoms with van der Waals surface area (Å²) in [6.07, 6.45) is 7.20. The number of hydrogen-bond donors (Lipinski definition) is 3. The molecule has 12 heteroatoms. The molecule has 0 radical (unpaired) electrons. The van der Waals surface area contributed by atoms with Crippen LogP contribution in [0, 0.1) is 5.41 Å². The number of likely N-dealkylation sites (tertiary alicyclic amines) is 1. The van der Waals surface area contributed by atoms with Gasteiger partial charge in [-0.15, -0.1) is 0 Å². The Kier molecular flexibility index (Phi) is 12.6. The molecule has 2 unspecified atom stereocenters. The third kappa shape index (κ3) is 8.15. The second-order valence-corrected chi connectivity index (χ2v) is 12.6. The summed E-state index contributed by atoms with van der Waals surface area (Å²) in [7, 11) is 3.47. The number of nitrogens with one attached hydrogen (secondary N) is 2. The number of amidine groups is 1. The smallest absolute Gasteiger partial charge is 0.412 e. The first-order valence-electron chi connectivity index (χ1n) is 17.1. The van der Waals surface area contributed by atoms with Gasteiger partial charge >= 0.3 is 12.2 Å². The summed E-state index contributed by atoms with van der Waals surface area (Å²) >= 11 is 0. The predicted octanol–water partition coefficient (Wildman–Crippen LogP) is 5.96. The summed E-state index contributed by atoms with van der Waals surface area (Å²) in [6.45, 7) is 7.48. The van der Waals surface area contributed by atoms with Gasteiger partial charge in [0.25, 0.3) is 5.91 Å². The van der Waals surface area contributed by atoms with Gasteiger partial charge in [-0.25, -0.2) is 14.6 Å².